The van der Waals surface area contributed by atoms with Gasteiger partial charge in [0.05, 0.1) is 25.1 Å². The first-order valence-electron chi connectivity index (χ1n) is 8.31. The molecule has 7 nitrogen and oxygen atoms in total. The molecule has 8 heteroatoms. The van der Waals surface area contributed by atoms with Crippen LogP contribution < -0.4 is 10.6 Å². The lowest BCUT2D eigenvalue weighted by molar-refractivity contribution is 0.0600. The normalized spacial score (nSPS) is 10.2. The minimum atomic E-state index is -0.405. The van der Waals surface area contributed by atoms with E-state index in [1.54, 1.807) is 42.5 Å². The number of carbonyl (C=O) groups excluding carboxylic acids is 2. The van der Waals surface area contributed by atoms with Gasteiger partial charge in [0.1, 0.15) is 11.5 Å². The fraction of sp³-hybridized carbons (Fsp3) is 0.100. The number of carbonyl (C=O) groups is 2. The highest BCUT2D eigenvalue weighted by molar-refractivity contribution is 6.30. The second-order valence-electron chi connectivity index (χ2n) is 5.89. The van der Waals surface area contributed by atoms with Crippen molar-refractivity contribution in [3.8, 4) is 0 Å². The summed E-state index contributed by atoms with van der Waals surface area (Å²) < 4.78 is 4.66. The van der Waals surface area contributed by atoms with Crippen LogP contribution in [0.2, 0.25) is 5.02 Å². The molecule has 0 aliphatic carbocycles. The minimum Gasteiger partial charge on any atom is -0.465 e. The first-order valence-corrected chi connectivity index (χ1v) is 8.69. The Bertz CT molecular complexity index is 1000. The van der Waals surface area contributed by atoms with E-state index in [2.05, 4.69) is 25.3 Å². The maximum absolute atomic E-state index is 12.3. The molecule has 0 spiro atoms. The number of ether oxygens (including phenoxy) is 1. The van der Waals surface area contributed by atoms with Crippen LogP contribution in [0.5, 0.6) is 0 Å². The van der Waals surface area contributed by atoms with Gasteiger partial charge in [0.25, 0.3) is 5.91 Å². The summed E-state index contributed by atoms with van der Waals surface area (Å²) >= 11 is 5.92. The summed E-state index contributed by atoms with van der Waals surface area (Å²) in [4.78, 5) is 32.1. The summed E-state index contributed by atoms with van der Waals surface area (Å²) in [5, 5.41) is 6.43. The summed E-state index contributed by atoms with van der Waals surface area (Å²) in [7, 11) is 1.33. The number of methoxy groups -OCH3 is 1. The van der Waals surface area contributed by atoms with Gasteiger partial charge < -0.3 is 15.4 Å². The topological polar surface area (TPSA) is 93.2 Å². The van der Waals surface area contributed by atoms with Gasteiger partial charge in [-0.2, -0.15) is 0 Å². The molecular weight excluding hydrogens is 380 g/mol. The van der Waals surface area contributed by atoms with E-state index in [1.807, 2.05) is 6.92 Å². The molecule has 0 unspecified atom stereocenters. The lowest BCUT2D eigenvalue weighted by atomic mass is 10.2. The number of rotatable bonds is 5. The zero-order valence-corrected chi connectivity index (χ0v) is 15.9. The van der Waals surface area contributed by atoms with Gasteiger partial charge in [-0.05, 0) is 55.0 Å². The fourth-order valence-corrected chi connectivity index (χ4v) is 2.65. The molecule has 1 aromatic heterocycles. The molecular formula is C20H17ClN4O3. The first kappa shape index (κ1) is 19.3. The van der Waals surface area contributed by atoms with Gasteiger partial charge in [-0.3, -0.25) is 4.79 Å². The van der Waals surface area contributed by atoms with E-state index in [0.29, 0.717) is 22.1 Å². The van der Waals surface area contributed by atoms with Crippen LogP contribution in [0.3, 0.4) is 0 Å². The predicted molar refractivity (Wildman–Crippen MR) is 107 cm³/mol. The van der Waals surface area contributed by atoms with Crippen LogP contribution in [-0.4, -0.2) is 29.0 Å². The number of nitrogens with one attached hydrogen (secondary N) is 2. The number of aromatic nitrogens is 2. The molecule has 142 valence electrons. The Morgan fingerprint density at radius 1 is 1.04 bits per heavy atom. The number of halogens is 1. The van der Waals surface area contributed by atoms with Crippen molar-refractivity contribution < 1.29 is 14.3 Å². The average molecular weight is 397 g/mol. The van der Waals surface area contributed by atoms with Crippen molar-refractivity contribution >= 4 is 40.7 Å². The van der Waals surface area contributed by atoms with Gasteiger partial charge in [-0.25, -0.2) is 14.8 Å². The molecule has 0 saturated heterocycles. The van der Waals surface area contributed by atoms with Crippen LogP contribution >= 0.6 is 11.6 Å². The highest BCUT2D eigenvalue weighted by Gasteiger charge is 2.11. The Kier molecular flexibility index (Phi) is 5.86. The maximum Gasteiger partial charge on any atom is 0.337 e. The molecule has 3 aromatic rings. The van der Waals surface area contributed by atoms with E-state index in [-0.39, 0.29) is 11.6 Å². The van der Waals surface area contributed by atoms with Crippen LogP contribution in [0.15, 0.2) is 54.9 Å². The van der Waals surface area contributed by atoms with E-state index in [0.717, 1.165) is 11.3 Å². The van der Waals surface area contributed by atoms with Gasteiger partial charge in [0.15, 0.2) is 0 Å². The van der Waals surface area contributed by atoms with Gasteiger partial charge in [0.2, 0.25) is 0 Å². The molecule has 2 aromatic carbocycles. The molecule has 0 radical (unpaired) electrons. The number of esters is 1. The number of aryl methyl sites for hydroxylation is 1. The van der Waals surface area contributed by atoms with Crippen molar-refractivity contribution in [2.45, 2.75) is 6.92 Å². The quantitative estimate of drug-likeness (QED) is 0.627. The lowest BCUT2D eigenvalue weighted by Gasteiger charge is -2.09. The Morgan fingerprint density at radius 2 is 1.79 bits per heavy atom. The molecule has 28 heavy (non-hydrogen) atoms. The van der Waals surface area contributed by atoms with Crippen molar-refractivity contribution in [2.75, 3.05) is 17.7 Å². The average Bonchev–Trinajstić information content (AvgIpc) is 2.70. The van der Waals surface area contributed by atoms with Gasteiger partial charge in [-0.15, -0.1) is 0 Å². The van der Waals surface area contributed by atoms with Crippen molar-refractivity contribution in [3.05, 3.63) is 76.7 Å². The summed E-state index contributed by atoms with van der Waals surface area (Å²) in [5.74, 6) is -0.311. The zero-order valence-electron chi connectivity index (χ0n) is 15.2. The molecule has 0 fully saturated rings. The third-order valence-electron chi connectivity index (χ3n) is 3.90. The Morgan fingerprint density at radius 3 is 2.39 bits per heavy atom. The Hall–Kier alpha value is -3.45. The van der Waals surface area contributed by atoms with Crippen LogP contribution in [0, 0.1) is 6.92 Å². The lowest BCUT2D eigenvalue weighted by Crippen LogP contribution is -2.15. The molecule has 0 aliphatic heterocycles. The number of hydrogen-bond acceptors (Lipinski definition) is 6. The highest BCUT2D eigenvalue weighted by atomic mass is 35.5. The second kappa shape index (κ2) is 8.49. The Labute approximate surface area is 166 Å². The number of anilines is 3. The number of amides is 1. The van der Waals surface area contributed by atoms with Crippen LogP contribution in [0.4, 0.5) is 17.2 Å². The SMILES string of the molecule is COC(=O)c1ccc(Nc2cnc(C(=O)Nc3ccc(Cl)cc3C)cn2)cc1. The van der Waals surface area contributed by atoms with Crippen LogP contribution in [0.1, 0.15) is 26.4 Å². The van der Waals surface area contributed by atoms with E-state index in [9.17, 15) is 9.59 Å². The molecule has 2 N–H and O–H groups in total. The number of nitrogens with zero attached hydrogens (tertiary/aromatic N) is 2. The third kappa shape index (κ3) is 4.63. The monoisotopic (exact) mass is 396 g/mol. The molecule has 0 bridgehead atoms. The summed E-state index contributed by atoms with van der Waals surface area (Å²) in [5.41, 5.74) is 2.85. The first-order chi connectivity index (χ1) is 13.5. The molecule has 3 rings (SSSR count). The molecule has 1 heterocycles. The highest BCUT2D eigenvalue weighted by Crippen LogP contribution is 2.20. The predicted octanol–water partition coefficient (Wildman–Crippen LogP) is 4.22. The van der Waals surface area contributed by atoms with Crippen molar-refractivity contribution in [3.63, 3.8) is 0 Å². The Balaban J connectivity index is 1.65. The molecule has 0 saturated carbocycles. The third-order valence-corrected chi connectivity index (χ3v) is 4.13. The van der Waals surface area contributed by atoms with Crippen molar-refractivity contribution in [1.82, 2.24) is 9.97 Å². The van der Waals surface area contributed by atoms with Gasteiger partial charge in [-0.1, -0.05) is 11.6 Å². The number of hydrogen-bond donors (Lipinski definition) is 2. The van der Waals surface area contributed by atoms with E-state index >= 15 is 0 Å². The molecule has 0 aliphatic rings. The van der Waals surface area contributed by atoms with E-state index < -0.39 is 5.97 Å². The minimum absolute atomic E-state index is 0.181. The largest absolute Gasteiger partial charge is 0.465 e. The standard InChI is InChI=1S/C20H17ClN4O3/c1-12-9-14(21)5-8-16(12)25-19(26)17-10-23-18(11-22-17)24-15-6-3-13(4-7-15)20(27)28-2/h3-11H,1-2H3,(H,23,24)(H,25,26). The van der Waals surface area contributed by atoms with Gasteiger partial charge >= 0.3 is 5.97 Å². The van der Waals surface area contributed by atoms with E-state index in [4.69, 9.17) is 11.6 Å². The smallest absolute Gasteiger partial charge is 0.337 e. The zero-order chi connectivity index (χ0) is 20.1. The second-order valence-corrected chi connectivity index (χ2v) is 6.33. The fourth-order valence-electron chi connectivity index (χ4n) is 2.42. The summed E-state index contributed by atoms with van der Waals surface area (Å²) in [6.45, 7) is 1.85. The van der Waals surface area contributed by atoms with Crippen molar-refractivity contribution in [1.29, 1.82) is 0 Å². The summed E-state index contributed by atoms with van der Waals surface area (Å²) in [6, 6.07) is 11.9. The van der Waals surface area contributed by atoms with Crippen LogP contribution in [0.25, 0.3) is 0 Å². The van der Waals surface area contributed by atoms with Crippen LogP contribution in [-0.2, 0) is 4.74 Å². The van der Waals surface area contributed by atoms with Crippen molar-refractivity contribution in [2.24, 2.45) is 0 Å². The molecule has 0 atom stereocenters. The maximum atomic E-state index is 12.3. The van der Waals surface area contributed by atoms with E-state index in [1.165, 1.54) is 19.5 Å². The summed E-state index contributed by atoms with van der Waals surface area (Å²) in [6.07, 6.45) is 2.84. The van der Waals surface area contributed by atoms with Gasteiger partial charge in [0, 0.05) is 16.4 Å². The molecule has 1 amide bonds. The number of benzene rings is 2.